The van der Waals surface area contributed by atoms with Gasteiger partial charge < -0.3 is 18.8 Å². The van der Waals surface area contributed by atoms with Crippen molar-refractivity contribution in [2.75, 3.05) is 37.5 Å². The first kappa shape index (κ1) is 40.0. The van der Waals surface area contributed by atoms with Gasteiger partial charge in [0, 0.05) is 35.9 Å². The Balaban J connectivity index is 1.17. The quantitative estimate of drug-likeness (QED) is 0.0813. The second-order valence-corrected chi connectivity index (χ2v) is 24.9. The Morgan fingerprint density at radius 3 is 2.53 bits per heavy atom. The lowest BCUT2D eigenvalue weighted by Crippen LogP contribution is -2.52. The summed E-state index contributed by atoms with van der Waals surface area (Å²) in [5, 5.41) is 0.685. The van der Waals surface area contributed by atoms with Gasteiger partial charge in [-0.1, -0.05) is 50.6 Å². The van der Waals surface area contributed by atoms with Crippen LogP contribution in [0.25, 0.3) is 0 Å². The molecule has 0 amide bonds. The molecule has 2 heterocycles. The molecule has 6 atom stereocenters. The Hall–Kier alpha value is -3.25. The predicted octanol–water partition coefficient (Wildman–Crippen LogP) is 8.86. The van der Waals surface area contributed by atoms with Crippen molar-refractivity contribution in [2.45, 2.75) is 101 Å². The van der Waals surface area contributed by atoms with Crippen molar-refractivity contribution >= 4 is 41.4 Å². The first-order valence-electron chi connectivity index (χ1n) is 19.8. The molecule has 2 fully saturated rings. The molecule has 0 radical (unpaired) electrons. The van der Waals surface area contributed by atoms with E-state index in [1.54, 1.807) is 12.1 Å². The zero-order chi connectivity index (χ0) is 39.2. The average molecular weight is 807 g/mol. The molecule has 1 aromatic heterocycles. The first-order chi connectivity index (χ1) is 26.1. The van der Waals surface area contributed by atoms with Crippen molar-refractivity contribution in [3.05, 3.63) is 88.7 Å². The van der Waals surface area contributed by atoms with Crippen LogP contribution in [0.5, 0.6) is 5.75 Å². The van der Waals surface area contributed by atoms with Crippen LogP contribution in [0.2, 0.25) is 23.2 Å². The fourth-order valence-corrected chi connectivity index (χ4v) is 11.8. The lowest BCUT2D eigenvalue weighted by molar-refractivity contribution is 0.0519. The molecule has 1 spiro atoms. The van der Waals surface area contributed by atoms with Crippen LogP contribution in [0.3, 0.4) is 0 Å². The summed E-state index contributed by atoms with van der Waals surface area (Å²) in [5.41, 5.74) is 3.78. The summed E-state index contributed by atoms with van der Waals surface area (Å²) in [4.78, 5) is 23.3. The van der Waals surface area contributed by atoms with E-state index in [4.69, 9.17) is 25.5 Å². The molecule has 12 heteroatoms. The molecular weight excluding hydrogens is 750 g/mol. The van der Waals surface area contributed by atoms with Crippen LogP contribution in [-0.4, -0.2) is 71.3 Å². The minimum atomic E-state index is -3.58. The number of halogens is 1. The second-order valence-electron chi connectivity index (χ2n) is 17.8. The Morgan fingerprint density at radius 2 is 1.85 bits per heavy atom. The van der Waals surface area contributed by atoms with E-state index in [2.05, 4.69) is 73.0 Å². The summed E-state index contributed by atoms with van der Waals surface area (Å²) in [6, 6.07) is 13.6. The zero-order valence-electron chi connectivity index (χ0n) is 33.1. The summed E-state index contributed by atoms with van der Waals surface area (Å²) in [6.07, 6.45) is 14.4. The summed E-state index contributed by atoms with van der Waals surface area (Å²) in [6.45, 7) is 13.6. The number of sulfone groups is 1. The van der Waals surface area contributed by atoms with Crippen molar-refractivity contribution in [2.24, 2.45) is 23.7 Å². The van der Waals surface area contributed by atoms with E-state index < -0.39 is 18.2 Å². The summed E-state index contributed by atoms with van der Waals surface area (Å²) < 4.78 is 45.5. The first-order valence-corrected chi connectivity index (χ1v) is 24.8. The normalized spacial score (nSPS) is 25.9. The number of aryl methyl sites for hydroxylation is 1. The highest BCUT2D eigenvalue weighted by atomic mass is 35.5. The standard InChI is InChI=1S/C43H56ClN3O6SSi/c1-42(2,3)55(5,6)53-38(18-13-29-10-11-33(29)26-54(49,50)41-45-21-8-22-46-41)35-16-12-32(35)25-47-27-43(20-7-9-30-23-34(44)15-17-36(30)43)28-52-39-19-14-31(24-37(39)47)40(48)51-4/h8,13-15,17-19,21-24,29,32-33,35,38H,7,9-12,16,20,25-28H2,1-6H3/b18-13+/t29-,32+,33-,35-,38+,43+/m1/s1. The van der Waals surface area contributed by atoms with Crippen molar-refractivity contribution < 1.29 is 27.1 Å². The third-order valence-corrected chi connectivity index (χ3v) is 19.7. The third kappa shape index (κ3) is 8.27. The van der Waals surface area contributed by atoms with Crippen LogP contribution in [0, 0.1) is 23.7 Å². The minimum absolute atomic E-state index is 0.0239. The molecule has 7 rings (SSSR count). The van der Waals surface area contributed by atoms with Gasteiger partial charge in [-0.05, 0) is 134 Å². The fraction of sp³-hybridized carbons (Fsp3) is 0.558. The number of carbonyl (C=O) groups is 1. The maximum Gasteiger partial charge on any atom is 0.337 e. The number of benzene rings is 2. The Bertz CT molecular complexity index is 2020. The molecule has 0 N–H and O–H groups in total. The summed E-state index contributed by atoms with van der Waals surface area (Å²) >= 11 is 6.50. The van der Waals surface area contributed by atoms with Crippen molar-refractivity contribution in [1.82, 2.24) is 9.97 Å². The number of ether oxygens (including phenoxy) is 2. The largest absolute Gasteiger partial charge is 0.490 e. The number of carbonyl (C=O) groups excluding carboxylic acids is 1. The minimum Gasteiger partial charge on any atom is -0.490 e. The average Bonchev–Trinajstić information content (AvgIpc) is 3.28. The number of hydrogen-bond acceptors (Lipinski definition) is 9. The van der Waals surface area contributed by atoms with Gasteiger partial charge in [0.05, 0.1) is 36.8 Å². The molecule has 0 bridgehead atoms. The van der Waals surface area contributed by atoms with Crippen LogP contribution < -0.4 is 9.64 Å². The van der Waals surface area contributed by atoms with Crippen LogP contribution in [-0.2, 0) is 30.8 Å². The lowest BCUT2D eigenvalue weighted by Gasteiger charge is -2.48. The molecule has 1 aliphatic heterocycles. The van der Waals surface area contributed by atoms with Crippen LogP contribution >= 0.6 is 11.6 Å². The van der Waals surface area contributed by atoms with Gasteiger partial charge in [0.1, 0.15) is 5.75 Å². The molecule has 9 nitrogen and oxygen atoms in total. The molecule has 4 aliphatic rings. The van der Waals surface area contributed by atoms with E-state index in [1.807, 2.05) is 18.2 Å². The predicted molar refractivity (Wildman–Crippen MR) is 219 cm³/mol. The van der Waals surface area contributed by atoms with Gasteiger partial charge in [0.25, 0.3) is 0 Å². The highest BCUT2D eigenvalue weighted by Crippen LogP contribution is 2.49. The van der Waals surface area contributed by atoms with E-state index in [0.717, 1.165) is 74.5 Å². The van der Waals surface area contributed by atoms with Gasteiger partial charge in [0.15, 0.2) is 8.32 Å². The van der Waals surface area contributed by atoms with Crippen LogP contribution in [0.4, 0.5) is 5.69 Å². The number of esters is 1. The number of aromatic nitrogens is 2. The molecule has 296 valence electrons. The highest BCUT2D eigenvalue weighted by Gasteiger charge is 2.47. The van der Waals surface area contributed by atoms with E-state index in [1.165, 1.54) is 30.6 Å². The molecule has 55 heavy (non-hydrogen) atoms. The number of anilines is 1. The van der Waals surface area contributed by atoms with Crippen molar-refractivity contribution in [3.63, 3.8) is 0 Å². The Kier molecular flexibility index (Phi) is 11.3. The van der Waals surface area contributed by atoms with E-state index in [-0.39, 0.29) is 51.2 Å². The van der Waals surface area contributed by atoms with E-state index >= 15 is 0 Å². The van der Waals surface area contributed by atoms with E-state index in [0.29, 0.717) is 18.1 Å². The monoisotopic (exact) mass is 805 g/mol. The van der Waals surface area contributed by atoms with Gasteiger partial charge in [-0.15, -0.1) is 0 Å². The van der Waals surface area contributed by atoms with Gasteiger partial charge in [-0.3, -0.25) is 0 Å². The van der Waals surface area contributed by atoms with Crippen LogP contribution in [0.15, 0.2) is 72.2 Å². The molecule has 3 aromatic rings. The van der Waals surface area contributed by atoms with Crippen molar-refractivity contribution in [1.29, 1.82) is 0 Å². The summed E-state index contributed by atoms with van der Waals surface area (Å²) in [7, 11) is -4.35. The number of hydrogen-bond donors (Lipinski definition) is 0. The molecule has 0 unspecified atom stereocenters. The Labute approximate surface area is 333 Å². The molecule has 2 aromatic carbocycles. The Morgan fingerprint density at radius 1 is 1.09 bits per heavy atom. The zero-order valence-corrected chi connectivity index (χ0v) is 35.7. The fourth-order valence-electron chi connectivity index (χ4n) is 8.79. The van der Waals surface area contributed by atoms with Gasteiger partial charge in [-0.2, -0.15) is 0 Å². The van der Waals surface area contributed by atoms with Crippen molar-refractivity contribution in [3.8, 4) is 5.75 Å². The van der Waals surface area contributed by atoms with Crippen LogP contribution in [0.1, 0.15) is 80.8 Å². The number of nitrogens with zero attached hydrogens (tertiary/aromatic N) is 3. The maximum atomic E-state index is 13.2. The molecule has 2 saturated carbocycles. The number of fused-ring (bicyclic) bond motifs is 3. The third-order valence-electron chi connectivity index (χ3n) is 13.3. The van der Waals surface area contributed by atoms with Gasteiger partial charge in [-0.25, -0.2) is 23.2 Å². The number of rotatable bonds is 11. The summed E-state index contributed by atoms with van der Waals surface area (Å²) in [5.74, 6) is 1.27. The van der Waals surface area contributed by atoms with Gasteiger partial charge >= 0.3 is 5.97 Å². The second kappa shape index (κ2) is 15.6. The lowest BCUT2D eigenvalue weighted by atomic mass is 9.68. The van der Waals surface area contributed by atoms with Gasteiger partial charge in [0.2, 0.25) is 15.0 Å². The molecule has 0 saturated heterocycles. The number of allylic oxidation sites excluding steroid dienone is 1. The maximum absolute atomic E-state index is 13.2. The molecule has 3 aliphatic carbocycles. The smallest absolute Gasteiger partial charge is 0.337 e. The highest BCUT2D eigenvalue weighted by molar-refractivity contribution is 7.91. The van der Waals surface area contributed by atoms with E-state index in [9.17, 15) is 13.2 Å². The SMILES string of the molecule is COC(=O)c1ccc2c(c1)N(C[C@@H]1CC[C@H]1[C@H](/C=C/[C@H]1CC[C@@H]1CS(=O)(=O)c1ncccn1)O[Si](C)(C)C(C)(C)C)C[C@@]1(CCCc3cc(Cl)ccc31)CO2. The number of methoxy groups -OCH3 is 1. The molecular formula is C43H56ClN3O6SSi. The topological polar surface area (TPSA) is 108 Å².